The predicted octanol–water partition coefficient (Wildman–Crippen LogP) is -4.57. The van der Waals surface area contributed by atoms with Crippen molar-refractivity contribution in [1.29, 1.82) is 0 Å². The van der Waals surface area contributed by atoms with Gasteiger partial charge in [0.2, 0.25) is 0 Å². The maximum Gasteiger partial charge on any atom is 1.00 e. The Hall–Kier alpha value is -0.230. The van der Waals surface area contributed by atoms with E-state index in [0.717, 1.165) is 0 Å². The number of carbonyl (C=O) groups is 1. The van der Waals surface area contributed by atoms with Gasteiger partial charge in [-0.3, -0.25) is 0 Å². The van der Waals surface area contributed by atoms with E-state index in [-0.39, 0.29) is 42.6 Å². The minimum atomic E-state index is -1.01. The van der Waals surface area contributed by atoms with Crippen molar-refractivity contribution in [3.05, 3.63) is 11.5 Å². The third-order valence-corrected chi connectivity index (χ3v) is 1.36. The molecule has 1 heterocycles. The molecular formula is C6H7NaO5. The molecule has 62 valence electrons. The molecule has 0 radical (unpaired) electrons. The average molecular weight is 182 g/mol. The monoisotopic (exact) mass is 182 g/mol. The van der Waals surface area contributed by atoms with E-state index in [2.05, 4.69) is 4.74 Å². The molecule has 6 heteroatoms. The zero-order valence-corrected chi connectivity index (χ0v) is 8.61. The van der Waals surface area contributed by atoms with Crippen LogP contribution in [0.15, 0.2) is 11.5 Å². The first-order valence-corrected chi connectivity index (χ1v) is 3.08. The second-order valence-corrected chi connectivity index (χ2v) is 2.12. The molecule has 1 atom stereocenters. The van der Waals surface area contributed by atoms with Crippen LogP contribution in [0.3, 0.4) is 0 Å². The molecule has 0 aliphatic carbocycles. The fourth-order valence-corrected chi connectivity index (χ4v) is 0.799. The molecule has 1 aliphatic rings. The van der Waals surface area contributed by atoms with Crippen LogP contribution < -0.4 is 34.7 Å². The van der Waals surface area contributed by atoms with Crippen molar-refractivity contribution in [2.75, 3.05) is 6.61 Å². The molecule has 1 unspecified atom stereocenters. The number of aliphatic hydroxyl groups is 2. The van der Waals surface area contributed by atoms with Gasteiger partial charge in [0.25, 0.3) is 0 Å². The van der Waals surface area contributed by atoms with E-state index in [1.165, 1.54) is 0 Å². The number of hydrogen-bond acceptors (Lipinski definition) is 5. The van der Waals surface area contributed by atoms with E-state index < -0.39 is 23.6 Å². The minimum Gasteiger partial charge on any atom is -0.870 e. The van der Waals surface area contributed by atoms with Gasteiger partial charge in [0.1, 0.15) is 6.10 Å². The summed E-state index contributed by atoms with van der Waals surface area (Å²) in [5, 5.41) is 27.8. The Morgan fingerprint density at radius 1 is 1.58 bits per heavy atom. The summed E-state index contributed by atoms with van der Waals surface area (Å²) in [6.07, 6.45) is -0.957. The van der Waals surface area contributed by atoms with Gasteiger partial charge in [0, 0.05) is 13.0 Å². The second kappa shape index (κ2) is 4.71. The standard InChI is InChI=1S/C6H8O5.Na/c7-2-1-3-4(8)5(9)6(10)11-3;/h3,7-9H,1-2H2;/q;+1/p-1. The molecule has 12 heavy (non-hydrogen) atoms. The van der Waals surface area contributed by atoms with Gasteiger partial charge in [-0.25, -0.2) is 4.79 Å². The summed E-state index contributed by atoms with van der Waals surface area (Å²) in [4.78, 5) is 10.5. The zero-order chi connectivity index (χ0) is 8.43. The summed E-state index contributed by atoms with van der Waals surface area (Å²) in [5.41, 5.74) is 0. The van der Waals surface area contributed by atoms with E-state index in [0.29, 0.717) is 0 Å². The summed E-state index contributed by atoms with van der Waals surface area (Å²) in [7, 11) is 0. The maximum absolute atomic E-state index is 10.8. The normalized spacial score (nSPS) is 22.1. The molecule has 1 rings (SSSR count). The summed E-state index contributed by atoms with van der Waals surface area (Å²) in [6.45, 7) is -0.253. The van der Waals surface area contributed by atoms with Crippen LogP contribution in [-0.2, 0) is 9.53 Å². The zero-order valence-electron chi connectivity index (χ0n) is 6.61. The van der Waals surface area contributed by atoms with Crippen LogP contribution >= 0.6 is 0 Å². The van der Waals surface area contributed by atoms with E-state index in [9.17, 15) is 9.90 Å². The second-order valence-electron chi connectivity index (χ2n) is 2.12. The molecule has 0 bridgehead atoms. The van der Waals surface area contributed by atoms with E-state index in [4.69, 9.17) is 10.2 Å². The van der Waals surface area contributed by atoms with Gasteiger partial charge in [-0.15, -0.1) is 0 Å². The van der Waals surface area contributed by atoms with Gasteiger partial charge in [-0.1, -0.05) is 0 Å². The first-order valence-electron chi connectivity index (χ1n) is 3.08. The molecule has 1 aliphatic heterocycles. The maximum atomic E-state index is 10.8. The van der Waals surface area contributed by atoms with Crippen LogP contribution in [0.4, 0.5) is 0 Å². The average Bonchev–Trinajstić information content (AvgIpc) is 2.19. The fourth-order valence-electron chi connectivity index (χ4n) is 0.799. The van der Waals surface area contributed by atoms with Crippen LogP contribution in [0, 0.1) is 0 Å². The molecule has 0 aromatic rings. The molecule has 2 N–H and O–H groups in total. The first kappa shape index (κ1) is 11.8. The van der Waals surface area contributed by atoms with Crippen molar-refractivity contribution in [2.45, 2.75) is 12.5 Å². The third-order valence-electron chi connectivity index (χ3n) is 1.36. The molecule has 0 fully saturated rings. The SMILES string of the molecule is O=C1OC(CCO)C([O-])=C1O.[Na+]. The predicted molar refractivity (Wildman–Crippen MR) is 31.2 cm³/mol. The minimum absolute atomic E-state index is 0. The molecular weight excluding hydrogens is 175 g/mol. The van der Waals surface area contributed by atoms with Gasteiger partial charge >= 0.3 is 35.5 Å². The molecule has 0 saturated heterocycles. The van der Waals surface area contributed by atoms with Crippen LogP contribution in [0.1, 0.15) is 6.42 Å². The van der Waals surface area contributed by atoms with Crippen molar-refractivity contribution in [3.8, 4) is 0 Å². The molecule has 0 spiro atoms. The Labute approximate surface area is 90.9 Å². The van der Waals surface area contributed by atoms with Crippen LogP contribution in [0.2, 0.25) is 0 Å². The van der Waals surface area contributed by atoms with Crippen LogP contribution in [0.5, 0.6) is 0 Å². The molecule has 0 aromatic heterocycles. The Kier molecular flexibility index (Phi) is 4.62. The molecule has 0 saturated carbocycles. The van der Waals surface area contributed by atoms with Gasteiger partial charge < -0.3 is 20.1 Å². The quantitative estimate of drug-likeness (QED) is 0.331. The molecule has 0 amide bonds. The van der Waals surface area contributed by atoms with E-state index >= 15 is 0 Å². The Balaban J connectivity index is 0.00000121. The summed E-state index contributed by atoms with van der Waals surface area (Å²) in [5.74, 6) is -2.62. The fraction of sp³-hybridized carbons (Fsp3) is 0.500. The van der Waals surface area contributed by atoms with Gasteiger partial charge in [0.05, 0.1) is 0 Å². The number of cyclic esters (lactones) is 1. The van der Waals surface area contributed by atoms with Crippen molar-refractivity contribution in [3.63, 3.8) is 0 Å². The number of esters is 1. The summed E-state index contributed by atoms with van der Waals surface area (Å²) >= 11 is 0. The van der Waals surface area contributed by atoms with Gasteiger partial charge in [-0.2, -0.15) is 0 Å². The van der Waals surface area contributed by atoms with Gasteiger partial charge in [-0.05, 0) is 5.76 Å². The number of aliphatic hydroxyl groups excluding tert-OH is 2. The number of hydrogen-bond donors (Lipinski definition) is 2. The van der Waals surface area contributed by atoms with E-state index in [1.54, 1.807) is 0 Å². The van der Waals surface area contributed by atoms with Crippen molar-refractivity contribution >= 4 is 5.97 Å². The Bertz CT molecular complexity index is 212. The molecule has 5 nitrogen and oxygen atoms in total. The van der Waals surface area contributed by atoms with Crippen molar-refractivity contribution in [1.82, 2.24) is 0 Å². The summed E-state index contributed by atoms with van der Waals surface area (Å²) in [6, 6.07) is 0. The van der Waals surface area contributed by atoms with Crippen LogP contribution in [-0.4, -0.2) is 28.9 Å². The molecule has 0 aromatic carbocycles. The summed E-state index contributed by atoms with van der Waals surface area (Å²) < 4.78 is 4.39. The number of carbonyl (C=O) groups excluding carboxylic acids is 1. The smallest absolute Gasteiger partial charge is 0.870 e. The van der Waals surface area contributed by atoms with Gasteiger partial charge in [0.15, 0.2) is 5.76 Å². The first-order chi connectivity index (χ1) is 5.16. The third kappa shape index (κ3) is 2.13. The van der Waals surface area contributed by atoms with Crippen molar-refractivity contribution < 1.29 is 54.4 Å². The van der Waals surface area contributed by atoms with Crippen LogP contribution in [0.25, 0.3) is 0 Å². The van der Waals surface area contributed by atoms with E-state index in [1.807, 2.05) is 0 Å². The Morgan fingerprint density at radius 2 is 2.17 bits per heavy atom. The number of rotatable bonds is 2. The topological polar surface area (TPSA) is 89.8 Å². The Morgan fingerprint density at radius 3 is 2.50 bits per heavy atom. The van der Waals surface area contributed by atoms with Crippen molar-refractivity contribution in [2.24, 2.45) is 0 Å². The number of ether oxygens (including phenoxy) is 1. The largest absolute Gasteiger partial charge is 1.00 e.